The predicted octanol–water partition coefficient (Wildman–Crippen LogP) is 1.61. The molecule has 1 aromatic heterocycles. The number of urea groups is 1. The molecule has 1 aliphatic heterocycles. The molecular formula is C16H25N3O4. The highest BCUT2D eigenvalue weighted by Gasteiger charge is 2.32. The van der Waals surface area contributed by atoms with Gasteiger partial charge < -0.3 is 24.6 Å². The van der Waals surface area contributed by atoms with E-state index in [0.29, 0.717) is 37.9 Å². The molecule has 0 aliphatic carbocycles. The van der Waals surface area contributed by atoms with E-state index >= 15 is 0 Å². The van der Waals surface area contributed by atoms with Crippen LogP contribution in [0.3, 0.4) is 0 Å². The van der Waals surface area contributed by atoms with Crippen LogP contribution in [-0.2, 0) is 11.3 Å². The first kappa shape index (κ1) is 17.3. The van der Waals surface area contributed by atoms with Gasteiger partial charge in [-0.2, -0.15) is 0 Å². The third kappa shape index (κ3) is 4.99. The minimum absolute atomic E-state index is 0.126. The first-order valence-electron chi connectivity index (χ1n) is 7.90. The Morgan fingerprint density at radius 3 is 2.87 bits per heavy atom. The lowest BCUT2D eigenvalue weighted by Crippen LogP contribution is -2.53. The van der Waals surface area contributed by atoms with E-state index in [1.165, 1.54) is 0 Å². The Morgan fingerprint density at radius 2 is 2.26 bits per heavy atom. The second-order valence-electron chi connectivity index (χ2n) is 6.20. The molecular weight excluding hydrogens is 298 g/mol. The lowest BCUT2D eigenvalue weighted by Gasteiger charge is -2.41. The molecule has 2 amide bonds. The molecule has 128 valence electrons. The third-order valence-corrected chi connectivity index (χ3v) is 4.37. The van der Waals surface area contributed by atoms with E-state index < -0.39 is 5.97 Å². The van der Waals surface area contributed by atoms with Crippen LogP contribution in [0, 0.1) is 5.92 Å². The van der Waals surface area contributed by atoms with E-state index in [9.17, 15) is 9.59 Å². The molecule has 1 aliphatic rings. The number of hydrogen-bond acceptors (Lipinski definition) is 4. The lowest BCUT2D eigenvalue weighted by atomic mass is 9.87. The van der Waals surface area contributed by atoms with Crippen LogP contribution >= 0.6 is 0 Å². The number of rotatable bonds is 6. The summed E-state index contributed by atoms with van der Waals surface area (Å²) >= 11 is 0. The maximum atomic E-state index is 12.3. The minimum Gasteiger partial charge on any atom is -0.481 e. The number of hydrogen-bond donors (Lipinski definition) is 2. The Bertz CT molecular complexity index is 515. The fraction of sp³-hybridized carbons (Fsp3) is 0.625. The Kier molecular flexibility index (Phi) is 6.04. The summed E-state index contributed by atoms with van der Waals surface area (Å²) in [5, 5.41) is 11.8. The van der Waals surface area contributed by atoms with E-state index in [-0.39, 0.29) is 18.4 Å². The number of nitrogens with one attached hydrogen (secondary N) is 1. The summed E-state index contributed by atoms with van der Waals surface area (Å²) in [6.45, 7) is 1.62. The average Bonchev–Trinajstić information content (AvgIpc) is 3.03. The van der Waals surface area contributed by atoms with Crippen LogP contribution in [0.15, 0.2) is 22.8 Å². The monoisotopic (exact) mass is 323 g/mol. The number of carbonyl (C=O) groups excluding carboxylic acids is 1. The molecule has 0 spiro atoms. The molecule has 0 saturated carbocycles. The molecule has 7 heteroatoms. The van der Waals surface area contributed by atoms with Crippen molar-refractivity contribution in [2.24, 2.45) is 5.92 Å². The van der Waals surface area contributed by atoms with Crippen molar-refractivity contribution in [3.8, 4) is 0 Å². The number of nitrogens with zero attached hydrogens (tertiary/aromatic N) is 2. The summed E-state index contributed by atoms with van der Waals surface area (Å²) in [5.41, 5.74) is 0. The highest BCUT2D eigenvalue weighted by molar-refractivity contribution is 5.74. The van der Waals surface area contributed by atoms with Gasteiger partial charge in [0, 0.05) is 25.6 Å². The summed E-state index contributed by atoms with van der Waals surface area (Å²) in [5.74, 6) is 0.0927. The molecule has 2 N–H and O–H groups in total. The molecule has 1 fully saturated rings. The van der Waals surface area contributed by atoms with Crippen LogP contribution in [0.4, 0.5) is 4.79 Å². The lowest BCUT2D eigenvalue weighted by molar-refractivity contribution is -0.137. The van der Waals surface area contributed by atoms with E-state index in [2.05, 4.69) is 10.2 Å². The molecule has 0 aromatic carbocycles. The third-order valence-electron chi connectivity index (χ3n) is 4.37. The second-order valence-corrected chi connectivity index (χ2v) is 6.20. The largest absolute Gasteiger partial charge is 0.481 e. The molecule has 2 atom stereocenters. The van der Waals surface area contributed by atoms with Gasteiger partial charge in [0.25, 0.3) is 0 Å². The SMILES string of the molecule is CN(C)[C@H]1CCN(C(=O)NCc2ccco2)C[C@H]1CCC(=O)O. The molecule has 0 unspecified atom stereocenters. The van der Waals surface area contributed by atoms with Gasteiger partial charge in [-0.05, 0) is 45.0 Å². The topological polar surface area (TPSA) is 86.0 Å². The van der Waals surface area contributed by atoms with Crippen LogP contribution in [0.25, 0.3) is 0 Å². The molecule has 1 saturated heterocycles. The number of aliphatic carboxylic acids is 1. The standard InChI is InChI=1S/C16H25N3O4/c1-18(2)14-7-8-19(11-12(14)5-6-15(20)21)16(22)17-10-13-4-3-9-23-13/h3-4,9,12,14H,5-8,10-11H2,1-2H3,(H,17,22)(H,20,21)/t12-,14+/m1/s1. The Morgan fingerprint density at radius 1 is 1.48 bits per heavy atom. The molecule has 23 heavy (non-hydrogen) atoms. The van der Waals surface area contributed by atoms with Crippen molar-refractivity contribution in [3.63, 3.8) is 0 Å². The van der Waals surface area contributed by atoms with Crippen molar-refractivity contribution in [2.45, 2.75) is 31.8 Å². The van der Waals surface area contributed by atoms with Crippen LogP contribution in [0.1, 0.15) is 25.0 Å². The van der Waals surface area contributed by atoms with E-state index in [1.807, 2.05) is 20.2 Å². The number of amides is 2. The Hall–Kier alpha value is -2.02. The summed E-state index contributed by atoms with van der Waals surface area (Å²) in [6, 6.07) is 3.78. The van der Waals surface area contributed by atoms with Gasteiger partial charge in [0.2, 0.25) is 0 Å². The number of carbonyl (C=O) groups is 2. The zero-order valence-corrected chi connectivity index (χ0v) is 13.7. The van der Waals surface area contributed by atoms with Gasteiger partial charge in [-0.3, -0.25) is 4.79 Å². The number of carboxylic acids is 1. The molecule has 1 aromatic rings. The average molecular weight is 323 g/mol. The minimum atomic E-state index is -0.790. The number of likely N-dealkylation sites (tertiary alicyclic amines) is 1. The smallest absolute Gasteiger partial charge is 0.317 e. The van der Waals surface area contributed by atoms with Crippen molar-refractivity contribution in [2.75, 3.05) is 27.2 Å². The van der Waals surface area contributed by atoms with E-state index in [0.717, 1.165) is 6.42 Å². The van der Waals surface area contributed by atoms with E-state index in [4.69, 9.17) is 9.52 Å². The van der Waals surface area contributed by atoms with Gasteiger partial charge >= 0.3 is 12.0 Å². The van der Waals surface area contributed by atoms with Gasteiger partial charge in [0.1, 0.15) is 5.76 Å². The van der Waals surface area contributed by atoms with Gasteiger partial charge in [-0.15, -0.1) is 0 Å². The number of piperidine rings is 1. The zero-order valence-electron chi connectivity index (χ0n) is 13.7. The first-order chi connectivity index (χ1) is 11.0. The Labute approximate surface area is 136 Å². The predicted molar refractivity (Wildman–Crippen MR) is 85.0 cm³/mol. The summed E-state index contributed by atoms with van der Waals surface area (Å²) in [4.78, 5) is 27.1. The summed E-state index contributed by atoms with van der Waals surface area (Å²) < 4.78 is 5.20. The van der Waals surface area contributed by atoms with Gasteiger partial charge in [-0.1, -0.05) is 0 Å². The highest BCUT2D eigenvalue weighted by Crippen LogP contribution is 2.25. The maximum Gasteiger partial charge on any atom is 0.317 e. The fourth-order valence-electron chi connectivity index (χ4n) is 3.16. The first-order valence-corrected chi connectivity index (χ1v) is 7.90. The maximum absolute atomic E-state index is 12.3. The van der Waals surface area contributed by atoms with Crippen LogP contribution in [-0.4, -0.2) is 60.1 Å². The number of carboxylic acid groups (broad SMARTS) is 1. The quantitative estimate of drug-likeness (QED) is 0.830. The van der Waals surface area contributed by atoms with Crippen molar-refractivity contribution < 1.29 is 19.1 Å². The molecule has 0 bridgehead atoms. The fourth-order valence-corrected chi connectivity index (χ4v) is 3.16. The normalized spacial score (nSPS) is 21.4. The molecule has 0 radical (unpaired) electrons. The van der Waals surface area contributed by atoms with Crippen molar-refractivity contribution in [1.82, 2.24) is 15.1 Å². The van der Waals surface area contributed by atoms with Crippen LogP contribution in [0.5, 0.6) is 0 Å². The number of furan rings is 1. The highest BCUT2D eigenvalue weighted by atomic mass is 16.4. The molecule has 2 rings (SSSR count). The zero-order chi connectivity index (χ0) is 16.8. The summed E-state index contributed by atoms with van der Waals surface area (Å²) in [7, 11) is 4.01. The van der Waals surface area contributed by atoms with Crippen molar-refractivity contribution >= 4 is 12.0 Å². The van der Waals surface area contributed by atoms with Gasteiger partial charge in [0.15, 0.2) is 0 Å². The van der Waals surface area contributed by atoms with Crippen molar-refractivity contribution in [1.29, 1.82) is 0 Å². The van der Waals surface area contributed by atoms with Crippen LogP contribution < -0.4 is 5.32 Å². The molecule has 7 nitrogen and oxygen atoms in total. The van der Waals surface area contributed by atoms with E-state index in [1.54, 1.807) is 17.2 Å². The Balaban J connectivity index is 1.89. The van der Waals surface area contributed by atoms with Gasteiger partial charge in [0.05, 0.1) is 12.8 Å². The van der Waals surface area contributed by atoms with Crippen LogP contribution in [0.2, 0.25) is 0 Å². The molecule has 2 heterocycles. The second kappa shape index (κ2) is 8.01. The summed E-state index contributed by atoms with van der Waals surface area (Å²) in [6.07, 6.45) is 3.15. The van der Waals surface area contributed by atoms with Crippen molar-refractivity contribution in [3.05, 3.63) is 24.2 Å². The van der Waals surface area contributed by atoms with Gasteiger partial charge in [-0.25, -0.2) is 4.79 Å².